The van der Waals surface area contributed by atoms with E-state index in [1.165, 1.54) is 32.1 Å². The first-order valence-corrected chi connectivity index (χ1v) is 8.16. The lowest BCUT2D eigenvalue weighted by Crippen LogP contribution is -2.33. The first-order valence-electron chi connectivity index (χ1n) is 8.16. The van der Waals surface area contributed by atoms with Gasteiger partial charge in [0.25, 0.3) is 0 Å². The molecule has 0 amide bonds. The SMILES string of the molecule is CC(C)(C)C1=C2CCC3CCC3C2=C(C(C)(C)C)C1. The van der Waals surface area contributed by atoms with Gasteiger partial charge < -0.3 is 0 Å². The summed E-state index contributed by atoms with van der Waals surface area (Å²) in [6, 6.07) is 0. The van der Waals surface area contributed by atoms with E-state index >= 15 is 0 Å². The Morgan fingerprint density at radius 3 is 1.89 bits per heavy atom. The summed E-state index contributed by atoms with van der Waals surface area (Å²) in [7, 11) is 0. The summed E-state index contributed by atoms with van der Waals surface area (Å²) in [6.45, 7) is 14.5. The van der Waals surface area contributed by atoms with Crippen LogP contribution in [-0.4, -0.2) is 0 Å². The van der Waals surface area contributed by atoms with Gasteiger partial charge in [0, 0.05) is 0 Å². The summed E-state index contributed by atoms with van der Waals surface area (Å²) in [5, 5.41) is 0. The van der Waals surface area contributed by atoms with E-state index in [-0.39, 0.29) is 0 Å². The Morgan fingerprint density at radius 1 is 0.789 bits per heavy atom. The molecule has 2 atom stereocenters. The van der Waals surface area contributed by atoms with Crippen LogP contribution in [0.3, 0.4) is 0 Å². The van der Waals surface area contributed by atoms with E-state index in [4.69, 9.17) is 0 Å². The Balaban J connectivity index is 2.08. The Kier molecular flexibility index (Phi) is 2.83. The zero-order chi connectivity index (χ0) is 14.0. The molecule has 3 aliphatic carbocycles. The quantitative estimate of drug-likeness (QED) is 0.508. The van der Waals surface area contributed by atoms with Gasteiger partial charge in [0.2, 0.25) is 0 Å². The van der Waals surface area contributed by atoms with Crippen LogP contribution < -0.4 is 0 Å². The Labute approximate surface area is 119 Å². The second-order valence-electron chi connectivity index (χ2n) is 9.01. The number of hydrogen-bond donors (Lipinski definition) is 0. The van der Waals surface area contributed by atoms with Crippen LogP contribution in [0.4, 0.5) is 0 Å². The van der Waals surface area contributed by atoms with Crippen molar-refractivity contribution in [1.82, 2.24) is 0 Å². The van der Waals surface area contributed by atoms with Crippen molar-refractivity contribution in [3.8, 4) is 0 Å². The summed E-state index contributed by atoms with van der Waals surface area (Å²) < 4.78 is 0. The van der Waals surface area contributed by atoms with Gasteiger partial charge in [0.1, 0.15) is 0 Å². The minimum absolute atomic E-state index is 0.351. The molecule has 2 fully saturated rings. The predicted octanol–water partition coefficient (Wildman–Crippen LogP) is 5.90. The van der Waals surface area contributed by atoms with Crippen molar-refractivity contribution < 1.29 is 0 Å². The van der Waals surface area contributed by atoms with Gasteiger partial charge >= 0.3 is 0 Å². The first-order chi connectivity index (χ1) is 8.69. The van der Waals surface area contributed by atoms with Crippen LogP contribution in [0.5, 0.6) is 0 Å². The Morgan fingerprint density at radius 2 is 1.42 bits per heavy atom. The van der Waals surface area contributed by atoms with Gasteiger partial charge in [-0.2, -0.15) is 0 Å². The van der Waals surface area contributed by atoms with Crippen LogP contribution in [0.1, 0.15) is 73.6 Å². The molecule has 19 heavy (non-hydrogen) atoms. The number of fused-ring (bicyclic) bond motifs is 3. The predicted molar refractivity (Wildman–Crippen MR) is 83.0 cm³/mol. The lowest BCUT2D eigenvalue weighted by Gasteiger charge is -2.45. The highest BCUT2D eigenvalue weighted by molar-refractivity contribution is 5.54. The van der Waals surface area contributed by atoms with E-state index in [9.17, 15) is 0 Å². The summed E-state index contributed by atoms with van der Waals surface area (Å²) in [4.78, 5) is 0. The first kappa shape index (κ1) is 13.5. The van der Waals surface area contributed by atoms with Crippen LogP contribution in [-0.2, 0) is 0 Å². The highest BCUT2D eigenvalue weighted by Crippen LogP contribution is 2.59. The second kappa shape index (κ2) is 3.99. The van der Waals surface area contributed by atoms with E-state index in [1.807, 2.05) is 5.57 Å². The highest BCUT2D eigenvalue weighted by atomic mass is 14.5. The Bertz CT molecular complexity index is 459. The van der Waals surface area contributed by atoms with Gasteiger partial charge in [-0.25, -0.2) is 0 Å². The van der Waals surface area contributed by atoms with Crippen molar-refractivity contribution in [2.45, 2.75) is 73.6 Å². The maximum atomic E-state index is 2.42. The third kappa shape index (κ3) is 2.03. The molecule has 2 saturated carbocycles. The van der Waals surface area contributed by atoms with Gasteiger partial charge in [-0.1, -0.05) is 52.7 Å². The summed E-state index contributed by atoms with van der Waals surface area (Å²) >= 11 is 0. The zero-order valence-electron chi connectivity index (χ0n) is 13.7. The molecule has 0 aromatic carbocycles. The average molecular weight is 258 g/mol. The van der Waals surface area contributed by atoms with Gasteiger partial charge in [-0.15, -0.1) is 0 Å². The minimum Gasteiger partial charge on any atom is -0.0573 e. The van der Waals surface area contributed by atoms with Crippen molar-refractivity contribution in [2.24, 2.45) is 22.7 Å². The van der Waals surface area contributed by atoms with E-state index < -0.39 is 0 Å². The van der Waals surface area contributed by atoms with Crippen LogP contribution in [0.25, 0.3) is 0 Å². The maximum absolute atomic E-state index is 2.42. The van der Waals surface area contributed by atoms with Crippen molar-refractivity contribution in [2.75, 3.05) is 0 Å². The summed E-state index contributed by atoms with van der Waals surface area (Å²) in [5.74, 6) is 1.95. The molecule has 0 aliphatic heterocycles. The molecule has 0 spiro atoms. The third-order valence-electron chi connectivity index (χ3n) is 5.73. The van der Waals surface area contributed by atoms with Gasteiger partial charge in [0.15, 0.2) is 0 Å². The van der Waals surface area contributed by atoms with Crippen LogP contribution in [0, 0.1) is 22.7 Å². The van der Waals surface area contributed by atoms with Crippen LogP contribution >= 0.6 is 0 Å². The summed E-state index contributed by atoms with van der Waals surface area (Å²) in [6.07, 6.45) is 7.04. The monoisotopic (exact) mass is 258 g/mol. The molecule has 0 aromatic heterocycles. The molecule has 0 nitrogen and oxygen atoms in total. The van der Waals surface area contributed by atoms with Crippen LogP contribution in [0.2, 0.25) is 0 Å². The topological polar surface area (TPSA) is 0 Å². The fraction of sp³-hybridized carbons (Fsp3) is 0.789. The van der Waals surface area contributed by atoms with Crippen molar-refractivity contribution in [3.63, 3.8) is 0 Å². The molecule has 106 valence electrons. The number of hydrogen-bond acceptors (Lipinski definition) is 0. The zero-order valence-corrected chi connectivity index (χ0v) is 13.7. The number of rotatable bonds is 0. The van der Waals surface area contributed by atoms with E-state index in [0.717, 1.165) is 11.8 Å². The van der Waals surface area contributed by atoms with E-state index in [0.29, 0.717) is 10.8 Å². The van der Waals surface area contributed by atoms with Gasteiger partial charge in [0.05, 0.1) is 0 Å². The van der Waals surface area contributed by atoms with Crippen molar-refractivity contribution in [1.29, 1.82) is 0 Å². The molecule has 3 rings (SSSR count). The fourth-order valence-corrected chi connectivity index (χ4v) is 4.47. The molecule has 0 saturated heterocycles. The molecule has 0 N–H and O–H groups in total. The molecule has 3 aliphatic rings. The van der Waals surface area contributed by atoms with Crippen molar-refractivity contribution >= 4 is 0 Å². The molecular formula is C19H30. The second-order valence-corrected chi connectivity index (χ2v) is 9.01. The normalized spacial score (nSPS) is 31.3. The van der Waals surface area contributed by atoms with Crippen LogP contribution in [0.15, 0.2) is 22.3 Å². The molecule has 0 bridgehead atoms. The molecule has 0 aromatic rings. The van der Waals surface area contributed by atoms with E-state index in [1.54, 1.807) is 16.7 Å². The van der Waals surface area contributed by atoms with Gasteiger partial charge in [-0.3, -0.25) is 0 Å². The van der Waals surface area contributed by atoms with E-state index in [2.05, 4.69) is 41.5 Å². The molecule has 0 heteroatoms. The molecular weight excluding hydrogens is 228 g/mol. The van der Waals surface area contributed by atoms with Gasteiger partial charge in [-0.05, 0) is 65.9 Å². The lowest BCUT2D eigenvalue weighted by molar-refractivity contribution is 0.182. The molecule has 0 heterocycles. The maximum Gasteiger partial charge on any atom is -0.00860 e. The lowest BCUT2D eigenvalue weighted by atomic mass is 9.60. The highest BCUT2D eigenvalue weighted by Gasteiger charge is 2.45. The van der Waals surface area contributed by atoms with Crippen molar-refractivity contribution in [3.05, 3.63) is 22.3 Å². The third-order valence-corrected chi connectivity index (χ3v) is 5.73. The minimum atomic E-state index is 0.351. The number of allylic oxidation sites excluding steroid dienone is 4. The smallest absolute Gasteiger partial charge is 0.00860 e. The average Bonchev–Trinajstić information content (AvgIpc) is 2.55. The summed E-state index contributed by atoms with van der Waals surface area (Å²) in [5.41, 5.74) is 7.87. The molecule has 2 unspecified atom stereocenters. The standard InChI is InChI=1S/C19H30/c1-18(2,3)15-11-16(19(4,5)6)17-13-9-7-12(13)8-10-14(15)17/h12-13H,7-11H2,1-6H3. The Hall–Kier alpha value is -0.520. The molecule has 0 radical (unpaired) electrons. The largest absolute Gasteiger partial charge is 0.0573 e. The fourth-order valence-electron chi connectivity index (χ4n) is 4.47.